The van der Waals surface area contributed by atoms with Gasteiger partial charge in [0.05, 0.1) is 0 Å². The molecule has 0 bridgehead atoms. The highest BCUT2D eigenvalue weighted by Crippen LogP contribution is 2.60. The first kappa shape index (κ1) is 21.4. The number of hydrogen-bond donors (Lipinski definition) is 2. The third kappa shape index (κ3) is 3.53. The summed E-state index contributed by atoms with van der Waals surface area (Å²) in [5.74, 6) is -1.63. The van der Waals surface area contributed by atoms with Crippen LogP contribution in [-0.4, -0.2) is 27.6 Å². The summed E-state index contributed by atoms with van der Waals surface area (Å²) in [6.45, 7) is 0.802. The van der Waals surface area contributed by atoms with Gasteiger partial charge < -0.3 is 15.1 Å². The molecular weight excluding hydrogens is 417 g/mol. The lowest BCUT2D eigenvalue weighted by Crippen LogP contribution is -2.51. The number of carbonyl (C=O) groups is 1. The molecule has 0 radical (unpaired) electrons. The van der Waals surface area contributed by atoms with Crippen molar-refractivity contribution in [1.29, 1.82) is 0 Å². The molecule has 3 aromatic rings. The van der Waals surface area contributed by atoms with Gasteiger partial charge in [0.1, 0.15) is 16.8 Å². The third-order valence-corrected chi connectivity index (χ3v) is 7.21. The van der Waals surface area contributed by atoms with E-state index in [9.17, 15) is 19.4 Å². The molecule has 0 saturated heterocycles. The maximum atomic E-state index is 13.6. The van der Waals surface area contributed by atoms with Crippen LogP contribution in [0, 0.1) is 11.2 Å². The minimum Gasteiger partial charge on any atom is -0.481 e. The Kier molecular flexibility index (Phi) is 5.29. The van der Waals surface area contributed by atoms with Crippen molar-refractivity contribution in [2.45, 2.75) is 30.9 Å². The zero-order valence-electron chi connectivity index (χ0n) is 18.2. The fourth-order valence-electron chi connectivity index (χ4n) is 5.67. The van der Waals surface area contributed by atoms with Crippen molar-refractivity contribution >= 4 is 5.97 Å². The monoisotopic (exact) mass is 443 g/mol. The summed E-state index contributed by atoms with van der Waals surface area (Å²) in [4.78, 5) is 15.1. The Bertz CT molecular complexity index is 1180. The van der Waals surface area contributed by atoms with E-state index in [0.29, 0.717) is 30.5 Å². The van der Waals surface area contributed by atoms with Gasteiger partial charge in [0.25, 0.3) is 0 Å². The number of rotatable bonds is 5. The topological polar surface area (TPSA) is 60.8 Å². The number of fused-ring (bicyclic) bond motifs is 1. The SMILES string of the molecule is O=C(O)[C@@]12CN(Cc3ccccc3)C=C1C(O)(c1ccc(F)cc1)CC[C@@H]2c1ccccc1. The largest absolute Gasteiger partial charge is 0.481 e. The minimum absolute atomic E-state index is 0.260. The van der Waals surface area contributed by atoms with E-state index >= 15 is 0 Å². The third-order valence-electron chi connectivity index (χ3n) is 7.21. The number of nitrogens with zero attached hydrogens (tertiary/aromatic N) is 1. The number of benzene rings is 3. The molecule has 1 unspecified atom stereocenters. The van der Waals surface area contributed by atoms with Crippen LogP contribution in [0.25, 0.3) is 0 Å². The summed E-state index contributed by atoms with van der Waals surface area (Å²) in [5.41, 5.74) is 0.239. The first-order chi connectivity index (χ1) is 15.9. The molecule has 3 aromatic carbocycles. The first-order valence-corrected chi connectivity index (χ1v) is 11.2. The van der Waals surface area contributed by atoms with E-state index in [2.05, 4.69) is 0 Å². The van der Waals surface area contributed by atoms with Gasteiger partial charge in [-0.15, -0.1) is 0 Å². The Morgan fingerprint density at radius 1 is 0.970 bits per heavy atom. The summed E-state index contributed by atoms with van der Waals surface area (Å²) in [7, 11) is 0. The van der Waals surface area contributed by atoms with Crippen molar-refractivity contribution in [2.75, 3.05) is 6.54 Å². The van der Waals surface area contributed by atoms with Crippen LogP contribution in [0.2, 0.25) is 0 Å². The standard InChI is InChI=1S/C28H26FNO3/c29-23-13-11-22(12-14-23)28(33)16-15-24(21-9-5-2-6-10-21)27(26(31)32)19-30(18-25(27)28)17-20-7-3-1-4-8-20/h1-14,18,24,33H,15-17,19H2,(H,31,32)/t24-,27-,28?/m1/s1. The second kappa shape index (κ2) is 8.16. The summed E-state index contributed by atoms with van der Waals surface area (Å²) in [6.07, 6.45) is 2.69. The normalized spacial score (nSPS) is 26.5. The van der Waals surface area contributed by atoms with Gasteiger partial charge in [-0.05, 0) is 41.7 Å². The average Bonchev–Trinajstić information content (AvgIpc) is 3.22. The van der Waals surface area contributed by atoms with Crippen LogP contribution in [0.4, 0.5) is 4.39 Å². The van der Waals surface area contributed by atoms with E-state index in [0.717, 1.165) is 11.1 Å². The second-order valence-corrected chi connectivity index (χ2v) is 9.08. The second-order valence-electron chi connectivity index (χ2n) is 9.08. The molecule has 168 valence electrons. The van der Waals surface area contributed by atoms with Gasteiger partial charge in [-0.2, -0.15) is 0 Å². The molecule has 1 fully saturated rings. The van der Waals surface area contributed by atoms with Crippen molar-refractivity contribution in [1.82, 2.24) is 4.90 Å². The van der Waals surface area contributed by atoms with Gasteiger partial charge in [0.15, 0.2) is 0 Å². The van der Waals surface area contributed by atoms with Gasteiger partial charge in [-0.3, -0.25) is 4.79 Å². The number of aliphatic hydroxyl groups is 1. The Labute approximate surface area is 192 Å². The maximum absolute atomic E-state index is 13.6. The van der Waals surface area contributed by atoms with E-state index in [-0.39, 0.29) is 12.5 Å². The van der Waals surface area contributed by atoms with Crippen molar-refractivity contribution in [2.24, 2.45) is 5.41 Å². The Morgan fingerprint density at radius 3 is 2.24 bits per heavy atom. The first-order valence-electron chi connectivity index (χ1n) is 11.2. The van der Waals surface area contributed by atoms with E-state index in [1.165, 1.54) is 12.1 Å². The zero-order chi connectivity index (χ0) is 23.1. The fourth-order valence-corrected chi connectivity index (χ4v) is 5.67. The molecule has 3 atom stereocenters. The van der Waals surface area contributed by atoms with Crippen LogP contribution in [0.5, 0.6) is 0 Å². The molecule has 1 aliphatic carbocycles. The molecule has 5 rings (SSSR count). The molecule has 0 aromatic heterocycles. The quantitative estimate of drug-likeness (QED) is 0.579. The van der Waals surface area contributed by atoms with Gasteiger partial charge >= 0.3 is 5.97 Å². The highest BCUT2D eigenvalue weighted by molar-refractivity contribution is 5.83. The zero-order valence-corrected chi connectivity index (χ0v) is 18.2. The van der Waals surface area contributed by atoms with Crippen molar-refractivity contribution in [3.05, 3.63) is 119 Å². The molecule has 2 aliphatic rings. The predicted octanol–water partition coefficient (Wildman–Crippen LogP) is 5.06. The molecule has 0 amide bonds. The smallest absolute Gasteiger partial charge is 0.316 e. The van der Waals surface area contributed by atoms with Crippen LogP contribution >= 0.6 is 0 Å². The summed E-state index contributed by atoms with van der Waals surface area (Å²) >= 11 is 0. The van der Waals surface area contributed by atoms with E-state index in [1.807, 2.05) is 71.8 Å². The van der Waals surface area contributed by atoms with E-state index in [1.54, 1.807) is 12.1 Å². The van der Waals surface area contributed by atoms with Gasteiger partial charge in [0.2, 0.25) is 0 Å². The van der Waals surface area contributed by atoms with E-state index in [4.69, 9.17) is 0 Å². The van der Waals surface area contributed by atoms with Gasteiger partial charge in [-0.25, -0.2) is 4.39 Å². The number of carboxylic acids is 1. The van der Waals surface area contributed by atoms with Crippen LogP contribution in [0.15, 0.2) is 96.7 Å². The number of carboxylic acid groups (broad SMARTS) is 1. The Balaban J connectivity index is 1.64. The van der Waals surface area contributed by atoms with Gasteiger partial charge in [-0.1, -0.05) is 72.8 Å². The van der Waals surface area contributed by atoms with E-state index < -0.39 is 22.8 Å². The predicted molar refractivity (Wildman–Crippen MR) is 124 cm³/mol. The van der Waals surface area contributed by atoms with Crippen LogP contribution in [0.3, 0.4) is 0 Å². The highest BCUT2D eigenvalue weighted by Gasteiger charge is 2.62. The number of aliphatic carboxylic acids is 1. The van der Waals surface area contributed by atoms with Crippen LogP contribution in [0.1, 0.15) is 35.4 Å². The highest BCUT2D eigenvalue weighted by atomic mass is 19.1. The fraction of sp³-hybridized carbons (Fsp3) is 0.250. The minimum atomic E-state index is -1.48. The molecule has 0 spiro atoms. The van der Waals surface area contributed by atoms with Crippen molar-refractivity contribution < 1.29 is 19.4 Å². The maximum Gasteiger partial charge on any atom is 0.316 e. The number of halogens is 1. The molecule has 1 saturated carbocycles. The van der Waals surface area contributed by atoms with Gasteiger partial charge in [0, 0.05) is 30.8 Å². The lowest BCUT2D eigenvalue weighted by atomic mass is 9.56. The summed E-state index contributed by atoms with van der Waals surface area (Å²) in [6, 6.07) is 25.3. The molecule has 2 N–H and O–H groups in total. The molecule has 1 heterocycles. The Morgan fingerprint density at radius 2 is 1.61 bits per heavy atom. The molecule has 33 heavy (non-hydrogen) atoms. The summed E-state index contributed by atoms with van der Waals surface area (Å²) in [5, 5.41) is 22.7. The Hall–Kier alpha value is -3.44. The molecule has 1 aliphatic heterocycles. The lowest BCUT2D eigenvalue weighted by molar-refractivity contribution is -0.152. The molecule has 4 nitrogen and oxygen atoms in total. The van der Waals surface area contributed by atoms with Crippen molar-refractivity contribution in [3.63, 3.8) is 0 Å². The molecular formula is C28H26FNO3. The van der Waals surface area contributed by atoms with Crippen LogP contribution < -0.4 is 0 Å². The molecule has 5 heteroatoms. The number of hydrogen-bond acceptors (Lipinski definition) is 3. The van der Waals surface area contributed by atoms with Crippen LogP contribution in [-0.2, 0) is 16.9 Å². The van der Waals surface area contributed by atoms with Crippen molar-refractivity contribution in [3.8, 4) is 0 Å². The lowest BCUT2D eigenvalue weighted by Gasteiger charge is -2.48. The average molecular weight is 444 g/mol. The summed E-state index contributed by atoms with van der Waals surface area (Å²) < 4.78 is 13.6.